The Morgan fingerprint density at radius 2 is 0.457 bits per heavy atom. The summed E-state index contributed by atoms with van der Waals surface area (Å²) in [6.45, 7) is 52.9. The van der Waals surface area contributed by atoms with Crippen molar-refractivity contribution in [3.05, 3.63) is 152 Å². The van der Waals surface area contributed by atoms with Gasteiger partial charge in [0, 0.05) is 0 Å². The van der Waals surface area contributed by atoms with E-state index in [2.05, 4.69) is 237 Å². The minimum atomic E-state index is -1.31. The Morgan fingerprint density at radius 1 is 0.257 bits per heavy atom. The molecule has 0 aliphatic carbocycles. The second-order valence-electron chi connectivity index (χ2n) is 24.0. The van der Waals surface area contributed by atoms with Crippen molar-refractivity contribution in [2.24, 2.45) is 0 Å². The van der Waals surface area contributed by atoms with E-state index in [4.69, 9.17) is 0 Å². The van der Waals surface area contributed by atoms with Crippen LogP contribution in [0.4, 0.5) is 0 Å². The molecule has 0 aliphatic rings. The molecule has 70 heavy (non-hydrogen) atoms. The van der Waals surface area contributed by atoms with Gasteiger partial charge in [-0.3, -0.25) is 0 Å². The first kappa shape index (κ1) is 56.2. The fourth-order valence-electron chi connectivity index (χ4n) is 10.9. The molecule has 0 nitrogen and oxygen atoms in total. The number of hydrogen-bond donors (Lipinski definition) is 0. The van der Waals surface area contributed by atoms with Gasteiger partial charge in [0.2, 0.25) is 0 Å². The van der Waals surface area contributed by atoms with Gasteiger partial charge in [0.1, 0.15) is 0 Å². The Balaban J connectivity index is 1.89. The molecule has 0 aromatic heterocycles. The fraction of sp³-hybridized carbons (Fsp3) is 0.471. The second-order valence-corrected chi connectivity index (χ2v) is 37.9. The Hall–Kier alpha value is -3.08. The maximum atomic E-state index is 2.59. The summed E-state index contributed by atoms with van der Waals surface area (Å²) in [5, 5.41) is 0. The minimum absolute atomic E-state index is 0.405. The van der Waals surface area contributed by atoms with Gasteiger partial charge in [0.25, 0.3) is 0 Å². The zero-order valence-corrected chi connectivity index (χ0v) is 53.6. The van der Waals surface area contributed by atoms with Crippen molar-refractivity contribution in [2.45, 2.75) is 212 Å². The molecular weight excluding hydrogens is 1050 g/mol. The first-order valence-corrected chi connectivity index (χ1v) is 41.1. The fourth-order valence-corrected chi connectivity index (χ4v) is 30.6. The molecule has 0 unspecified atom stereocenters. The average Bonchev–Trinajstić information content (AvgIpc) is 3.28. The molecule has 0 fully saturated rings. The summed E-state index contributed by atoms with van der Waals surface area (Å²) in [6, 6.07) is 35.6. The van der Waals surface area contributed by atoms with Crippen LogP contribution in [0, 0.1) is 13.8 Å². The van der Waals surface area contributed by atoms with Gasteiger partial charge in [-0.2, -0.15) is 0 Å². The third-order valence-electron chi connectivity index (χ3n) is 15.1. The molecule has 6 aromatic rings. The van der Waals surface area contributed by atoms with Crippen LogP contribution in [-0.2, 0) is 0 Å². The molecule has 6 rings (SSSR count). The SMILES string of the molecule is Cc1cc(C(C)C)cc(C(C)C)c1-c1cccc(-c2c(C(C)C)cc(C(C)C)cc2C(C)C)[c]1[Sn]=[Sn][c]1c(-c2c(C)cc(C(C)C)cc2C(C)C)cccc1-c1c(C(C)C)cc(C(C)C)cc1C(C)C. The molecule has 0 aliphatic heterocycles. The first-order valence-electron chi connectivity index (χ1n) is 27.3. The summed E-state index contributed by atoms with van der Waals surface area (Å²) in [5.74, 6) is 4.35. The Morgan fingerprint density at radius 3 is 0.671 bits per heavy atom. The van der Waals surface area contributed by atoms with Crippen molar-refractivity contribution < 1.29 is 0 Å². The van der Waals surface area contributed by atoms with Gasteiger partial charge in [-0.05, 0) is 0 Å². The van der Waals surface area contributed by atoms with Gasteiger partial charge >= 0.3 is 448 Å². The standard InChI is InChI=1S/2C34H45.2Sn/c2*1-20(2)28-15-25(11)33(30(17-28)22(5)6)26-13-12-14-27(16-26)34-31(23(7)8)18-29(21(3)4)19-32(34)24(9)10;;/h2*12-15,17-24H,1-11H3;;. The van der Waals surface area contributed by atoms with E-state index in [1.165, 1.54) is 111 Å². The van der Waals surface area contributed by atoms with Crippen LogP contribution in [0.1, 0.15) is 264 Å². The zero-order chi connectivity index (χ0) is 51.8. The Labute approximate surface area is 444 Å². The molecular formula is C68H90Sn2. The Bertz CT molecular complexity index is 2600. The van der Waals surface area contributed by atoms with E-state index in [1.54, 1.807) is 7.16 Å². The van der Waals surface area contributed by atoms with Gasteiger partial charge < -0.3 is 0 Å². The molecule has 2 radical (unpaired) electrons. The van der Waals surface area contributed by atoms with Crippen molar-refractivity contribution in [1.29, 1.82) is 0 Å². The van der Waals surface area contributed by atoms with Gasteiger partial charge in [0.15, 0.2) is 0 Å². The predicted octanol–water partition coefficient (Wildman–Crippen LogP) is 19.5. The molecule has 6 aromatic carbocycles. The molecule has 0 N–H and O–H groups in total. The van der Waals surface area contributed by atoms with Crippen molar-refractivity contribution in [3.8, 4) is 44.5 Å². The molecule has 0 saturated heterocycles. The van der Waals surface area contributed by atoms with Crippen molar-refractivity contribution in [1.82, 2.24) is 0 Å². The van der Waals surface area contributed by atoms with Gasteiger partial charge in [0.05, 0.1) is 0 Å². The van der Waals surface area contributed by atoms with E-state index in [-0.39, 0.29) is 0 Å². The van der Waals surface area contributed by atoms with Crippen LogP contribution >= 0.6 is 0 Å². The molecule has 0 spiro atoms. The van der Waals surface area contributed by atoms with Gasteiger partial charge in [-0.1, -0.05) is 0 Å². The van der Waals surface area contributed by atoms with Crippen LogP contribution in [0.25, 0.3) is 44.5 Å². The van der Waals surface area contributed by atoms with E-state index < -0.39 is 33.1 Å². The van der Waals surface area contributed by atoms with Crippen LogP contribution in [0.2, 0.25) is 0 Å². The summed E-state index contributed by atoms with van der Waals surface area (Å²) < 4.78 is 3.45. The maximum absolute atomic E-state index is 2.59. The van der Waals surface area contributed by atoms with Crippen LogP contribution in [0.3, 0.4) is 0 Å². The summed E-state index contributed by atoms with van der Waals surface area (Å²) in [7, 11) is 0. The molecule has 370 valence electrons. The van der Waals surface area contributed by atoms with Crippen LogP contribution in [0.5, 0.6) is 0 Å². The average molecular weight is 1140 g/mol. The summed E-state index contributed by atoms with van der Waals surface area (Å²) in [5.41, 5.74) is 29.9. The summed E-state index contributed by atoms with van der Waals surface area (Å²) in [4.78, 5) is 0. The molecule has 0 heterocycles. The number of aryl methyl sites for hydroxylation is 2. The molecule has 0 amide bonds. The van der Waals surface area contributed by atoms with Crippen LogP contribution in [0.15, 0.2) is 84.9 Å². The number of hydrogen-bond acceptors (Lipinski definition) is 0. The topological polar surface area (TPSA) is 0 Å². The number of rotatable bonds is 16. The van der Waals surface area contributed by atoms with Crippen molar-refractivity contribution in [3.63, 3.8) is 0 Å². The van der Waals surface area contributed by atoms with Gasteiger partial charge in [-0.25, -0.2) is 0 Å². The number of benzene rings is 6. The summed E-state index contributed by atoms with van der Waals surface area (Å²) >= 11 is -2.63. The van der Waals surface area contributed by atoms with Gasteiger partial charge in [-0.15, -0.1) is 0 Å². The second kappa shape index (κ2) is 23.4. The van der Waals surface area contributed by atoms with E-state index in [0.717, 1.165) is 0 Å². The van der Waals surface area contributed by atoms with Crippen LogP contribution in [-0.4, -0.2) is 33.1 Å². The zero-order valence-electron chi connectivity index (χ0n) is 47.9. The van der Waals surface area contributed by atoms with Crippen molar-refractivity contribution in [2.75, 3.05) is 0 Å². The first-order chi connectivity index (χ1) is 32.8. The predicted molar refractivity (Wildman–Crippen MR) is 316 cm³/mol. The quantitative estimate of drug-likeness (QED) is 0.0848. The Kier molecular flexibility index (Phi) is 18.8. The molecule has 2 heteroatoms. The molecule has 0 atom stereocenters. The third kappa shape index (κ3) is 11.8. The molecule has 0 saturated carbocycles. The van der Waals surface area contributed by atoms with Crippen molar-refractivity contribution >= 4 is 40.3 Å². The monoisotopic (exact) mass is 1150 g/mol. The van der Waals surface area contributed by atoms with E-state index in [9.17, 15) is 0 Å². The summed E-state index contributed by atoms with van der Waals surface area (Å²) in [6.07, 6.45) is 0. The van der Waals surface area contributed by atoms with E-state index in [1.807, 2.05) is 0 Å². The molecule has 0 bridgehead atoms. The van der Waals surface area contributed by atoms with Crippen LogP contribution < -0.4 is 7.16 Å². The third-order valence-corrected chi connectivity index (χ3v) is 32.0. The van der Waals surface area contributed by atoms with E-state index in [0.29, 0.717) is 59.2 Å². The van der Waals surface area contributed by atoms with E-state index >= 15 is 0 Å². The normalized spacial score (nSPS) is 12.5.